The van der Waals surface area contributed by atoms with Crippen molar-refractivity contribution < 1.29 is 22.3 Å². The van der Waals surface area contributed by atoms with Crippen LogP contribution in [0.2, 0.25) is 0 Å². The smallest absolute Gasteiger partial charge is 0.242 e. The SMILES string of the molecule is COc1ccc(CN(C)C(C)C(=O)Nc2cccc(S(=O)(=O)N(C)C)c2)cc1F. The number of amides is 1. The fourth-order valence-corrected chi connectivity index (χ4v) is 3.57. The van der Waals surface area contributed by atoms with E-state index in [1.807, 2.05) is 0 Å². The highest BCUT2D eigenvalue weighted by Crippen LogP contribution is 2.20. The number of methoxy groups -OCH3 is 1. The minimum atomic E-state index is -3.60. The molecule has 0 spiro atoms. The number of nitrogens with one attached hydrogen (secondary N) is 1. The van der Waals surface area contributed by atoms with Gasteiger partial charge in [0.2, 0.25) is 15.9 Å². The molecular weight excluding hydrogens is 397 g/mol. The molecule has 2 aromatic rings. The van der Waals surface area contributed by atoms with Gasteiger partial charge in [0.25, 0.3) is 0 Å². The van der Waals surface area contributed by atoms with Crippen molar-refractivity contribution in [2.24, 2.45) is 0 Å². The molecule has 0 saturated carbocycles. The van der Waals surface area contributed by atoms with Crippen molar-refractivity contribution in [3.05, 3.63) is 53.8 Å². The minimum Gasteiger partial charge on any atom is -0.494 e. The third-order valence-electron chi connectivity index (χ3n) is 4.57. The molecule has 158 valence electrons. The van der Waals surface area contributed by atoms with Gasteiger partial charge in [0.05, 0.1) is 18.0 Å². The molecule has 7 nitrogen and oxygen atoms in total. The molecule has 0 saturated heterocycles. The van der Waals surface area contributed by atoms with Crippen LogP contribution in [0.25, 0.3) is 0 Å². The summed E-state index contributed by atoms with van der Waals surface area (Å²) in [5.74, 6) is -0.606. The fourth-order valence-electron chi connectivity index (χ4n) is 2.63. The molecule has 1 N–H and O–H groups in total. The largest absolute Gasteiger partial charge is 0.494 e. The van der Waals surface area contributed by atoms with Gasteiger partial charge in [0, 0.05) is 26.3 Å². The first kappa shape index (κ1) is 22.8. The number of carbonyl (C=O) groups excluding carboxylic acids is 1. The number of nitrogens with zero attached hydrogens (tertiary/aromatic N) is 2. The van der Waals surface area contributed by atoms with Crippen LogP contribution in [0.4, 0.5) is 10.1 Å². The first-order chi connectivity index (χ1) is 13.6. The van der Waals surface area contributed by atoms with Gasteiger partial charge in [-0.1, -0.05) is 12.1 Å². The van der Waals surface area contributed by atoms with Crippen molar-refractivity contribution in [1.82, 2.24) is 9.21 Å². The lowest BCUT2D eigenvalue weighted by Gasteiger charge is -2.24. The van der Waals surface area contributed by atoms with Crippen LogP contribution >= 0.6 is 0 Å². The summed E-state index contributed by atoms with van der Waals surface area (Å²) in [5.41, 5.74) is 1.08. The molecule has 0 radical (unpaired) electrons. The second-order valence-corrected chi connectivity index (χ2v) is 9.02. The number of benzene rings is 2. The highest BCUT2D eigenvalue weighted by molar-refractivity contribution is 7.89. The number of sulfonamides is 1. The number of hydrogen-bond donors (Lipinski definition) is 1. The van der Waals surface area contributed by atoms with E-state index in [2.05, 4.69) is 5.32 Å². The lowest BCUT2D eigenvalue weighted by atomic mass is 10.1. The summed E-state index contributed by atoms with van der Waals surface area (Å²) in [5, 5.41) is 2.73. The Morgan fingerprint density at radius 3 is 2.45 bits per heavy atom. The highest BCUT2D eigenvalue weighted by atomic mass is 32.2. The molecular formula is C20H26FN3O4S. The Balaban J connectivity index is 2.08. The summed E-state index contributed by atoms with van der Waals surface area (Å²) < 4.78 is 44.4. The Hall–Kier alpha value is -2.49. The Labute approximate surface area is 171 Å². The summed E-state index contributed by atoms with van der Waals surface area (Å²) in [4.78, 5) is 14.5. The molecule has 1 atom stereocenters. The van der Waals surface area contributed by atoms with Gasteiger partial charge in [-0.3, -0.25) is 9.69 Å². The van der Waals surface area contributed by atoms with E-state index in [0.717, 1.165) is 4.31 Å². The van der Waals surface area contributed by atoms with Gasteiger partial charge in [-0.25, -0.2) is 17.1 Å². The fraction of sp³-hybridized carbons (Fsp3) is 0.350. The summed E-state index contributed by atoms with van der Waals surface area (Å²) in [7, 11) is 2.44. The molecule has 9 heteroatoms. The predicted molar refractivity (Wildman–Crippen MR) is 110 cm³/mol. The van der Waals surface area contributed by atoms with Gasteiger partial charge >= 0.3 is 0 Å². The number of hydrogen-bond acceptors (Lipinski definition) is 5. The Bertz CT molecular complexity index is 979. The van der Waals surface area contributed by atoms with E-state index in [9.17, 15) is 17.6 Å². The van der Waals surface area contributed by atoms with Crippen LogP contribution in [0.5, 0.6) is 5.75 Å². The van der Waals surface area contributed by atoms with Crippen LogP contribution < -0.4 is 10.1 Å². The lowest BCUT2D eigenvalue weighted by Crippen LogP contribution is -2.39. The molecule has 0 aromatic heterocycles. The zero-order valence-corrected chi connectivity index (χ0v) is 18.0. The molecule has 0 fully saturated rings. The van der Waals surface area contributed by atoms with E-state index < -0.39 is 21.9 Å². The molecule has 1 amide bonds. The van der Waals surface area contributed by atoms with Crippen molar-refractivity contribution in [3.63, 3.8) is 0 Å². The van der Waals surface area contributed by atoms with Crippen LogP contribution in [0, 0.1) is 5.82 Å². The van der Waals surface area contributed by atoms with E-state index in [1.165, 1.54) is 39.4 Å². The summed E-state index contributed by atoms with van der Waals surface area (Å²) in [6.45, 7) is 2.07. The zero-order valence-electron chi connectivity index (χ0n) is 17.1. The molecule has 0 aliphatic carbocycles. The van der Waals surface area contributed by atoms with Crippen molar-refractivity contribution in [2.75, 3.05) is 33.6 Å². The maximum Gasteiger partial charge on any atom is 0.242 e. The molecule has 0 bridgehead atoms. The Morgan fingerprint density at radius 1 is 1.17 bits per heavy atom. The number of carbonyl (C=O) groups is 1. The average Bonchev–Trinajstić information content (AvgIpc) is 2.67. The van der Waals surface area contributed by atoms with E-state index in [-0.39, 0.29) is 16.6 Å². The van der Waals surface area contributed by atoms with Gasteiger partial charge in [-0.2, -0.15) is 0 Å². The molecule has 29 heavy (non-hydrogen) atoms. The van der Waals surface area contributed by atoms with E-state index in [0.29, 0.717) is 17.8 Å². The van der Waals surface area contributed by atoms with Crippen LogP contribution in [-0.4, -0.2) is 57.8 Å². The van der Waals surface area contributed by atoms with Crippen molar-refractivity contribution >= 4 is 21.6 Å². The standard InChI is InChI=1S/C20H26FN3O4S/c1-14(24(4)13-15-9-10-19(28-5)18(21)11-15)20(25)22-16-7-6-8-17(12-16)29(26,27)23(2)3/h6-12,14H,13H2,1-5H3,(H,22,25). The van der Waals surface area contributed by atoms with E-state index in [1.54, 1.807) is 43.1 Å². The number of anilines is 1. The van der Waals surface area contributed by atoms with Gasteiger partial charge in [-0.15, -0.1) is 0 Å². The predicted octanol–water partition coefficient (Wildman–Crippen LogP) is 2.54. The summed E-state index contributed by atoms with van der Waals surface area (Å²) in [6.07, 6.45) is 0. The quantitative estimate of drug-likeness (QED) is 0.706. The number of halogens is 1. The van der Waals surface area contributed by atoms with Crippen molar-refractivity contribution in [2.45, 2.75) is 24.4 Å². The molecule has 0 aliphatic rings. The summed E-state index contributed by atoms with van der Waals surface area (Å²) in [6, 6.07) is 10.2. The van der Waals surface area contributed by atoms with Crippen molar-refractivity contribution in [1.29, 1.82) is 0 Å². The third-order valence-corrected chi connectivity index (χ3v) is 6.38. The molecule has 2 rings (SSSR count). The normalized spacial score (nSPS) is 12.8. The van der Waals surface area contributed by atoms with Gasteiger partial charge in [-0.05, 0) is 49.9 Å². The first-order valence-electron chi connectivity index (χ1n) is 8.92. The van der Waals surface area contributed by atoms with Crippen LogP contribution in [0.15, 0.2) is 47.4 Å². The molecule has 2 aromatic carbocycles. The number of likely N-dealkylation sites (N-methyl/N-ethyl adjacent to an activating group) is 1. The van der Waals surface area contributed by atoms with E-state index in [4.69, 9.17) is 4.74 Å². The Kier molecular flexibility index (Phi) is 7.34. The van der Waals surface area contributed by atoms with Gasteiger partial charge < -0.3 is 10.1 Å². The third kappa shape index (κ3) is 5.53. The molecule has 0 heterocycles. The van der Waals surface area contributed by atoms with Crippen LogP contribution in [0.1, 0.15) is 12.5 Å². The minimum absolute atomic E-state index is 0.0926. The van der Waals surface area contributed by atoms with E-state index >= 15 is 0 Å². The molecule has 0 aliphatic heterocycles. The van der Waals surface area contributed by atoms with Gasteiger partial charge in [0.15, 0.2) is 11.6 Å². The first-order valence-corrected chi connectivity index (χ1v) is 10.4. The Morgan fingerprint density at radius 2 is 1.86 bits per heavy atom. The van der Waals surface area contributed by atoms with Gasteiger partial charge in [0.1, 0.15) is 0 Å². The highest BCUT2D eigenvalue weighted by Gasteiger charge is 2.21. The van der Waals surface area contributed by atoms with Crippen molar-refractivity contribution in [3.8, 4) is 5.75 Å². The number of ether oxygens (including phenoxy) is 1. The second-order valence-electron chi connectivity index (χ2n) is 6.86. The van der Waals surface area contributed by atoms with Crippen LogP contribution in [-0.2, 0) is 21.4 Å². The monoisotopic (exact) mass is 423 g/mol. The second kappa shape index (κ2) is 9.34. The summed E-state index contributed by atoms with van der Waals surface area (Å²) >= 11 is 0. The maximum absolute atomic E-state index is 13.9. The van der Waals surface area contributed by atoms with Crippen LogP contribution in [0.3, 0.4) is 0 Å². The zero-order chi connectivity index (χ0) is 21.8. The average molecular weight is 424 g/mol. The number of rotatable bonds is 8. The molecule has 1 unspecified atom stereocenters. The maximum atomic E-state index is 13.9. The lowest BCUT2D eigenvalue weighted by molar-refractivity contribution is -0.120. The topological polar surface area (TPSA) is 79.0 Å².